The van der Waals surface area contributed by atoms with Gasteiger partial charge in [0.15, 0.2) is 12.6 Å². The molecule has 0 saturated carbocycles. The Morgan fingerprint density at radius 2 is 2.08 bits per heavy atom. The monoisotopic (exact) mass is 402 g/mol. The van der Waals surface area contributed by atoms with E-state index in [4.69, 9.17) is 18.9 Å². The molecule has 0 saturated heterocycles. The largest absolute Gasteiger partial charge is 0.496 e. The van der Waals surface area contributed by atoms with Gasteiger partial charge in [0, 0.05) is 21.2 Å². The number of hydrogen-bond acceptors (Lipinski definition) is 5. The normalized spacial score (nSPS) is 16.9. The van der Waals surface area contributed by atoms with E-state index < -0.39 is 0 Å². The van der Waals surface area contributed by atoms with Gasteiger partial charge in [0.1, 0.15) is 17.2 Å². The van der Waals surface area contributed by atoms with Crippen molar-refractivity contribution in [2.75, 3.05) is 13.9 Å². The molecule has 0 radical (unpaired) electrons. The van der Waals surface area contributed by atoms with Crippen molar-refractivity contribution in [3.05, 3.63) is 56.8 Å². The van der Waals surface area contributed by atoms with Gasteiger partial charge in [-0.05, 0) is 37.3 Å². The molecule has 25 heavy (non-hydrogen) atoms. The molecule has 0 bridgehead atoms. The van der Waals surface area contributed by atoms with Crippen LogP contribution in [0.5, 0.6) is 17.2 Å². The summed E-state index contributed by atoms with van der Waals surface area (Å²) in [5.41, 5.74) is 3.04. The summed E-state index contributed by atoms with van der Waals surface area (Å²) in [6.45, 7) is 2.53. The van der Waals surface area contributed by atoms with Crippen molar-refractivity contribution in [3.8, 4) is 17.2 Å². The first-order valence-electron chi connectivity index (χ1n) is 7.73. The van der Waals surface area contributed by atoms with Gasteiger partial charge in [0.25, 0.3) is 0 Å². The van der Waals surface area contributed by atoms with Crippen LogP contribution in [0, 0.1) is 6.92 Å². The Morgan fingerprint density at radius 3 is 2.88 bits per heavy atom. The SMILES string of the molecule is COc1ccc2c(c1C)O/C(=C\c1cc(Br)cc3c1OCOC3)C2=O. The molecule has 4 rings (SSSR count). The van der Waals surface area contributed by atoms with Crippen LogP contribution in [0.3, 0.4) is 0 Å². The van der Waals surface area contributed by atoms with Crippen molar-refractivity contribution in [1.29, 1.82) is 0 Å². The lowest BCUT2D eigenvalue weighted by atomic mass is 10.0. The maximum absolute atomic E-state index is 12.7. The minimum Gasteiger partial charge on any atom is -0.496 e. The molecule has 0 unspecified atom stereocenters. The van der Waals surface area contributed by atoms with Crippen molar-refractivity contribution in [3.63, 3.8) is 0 Å². The molecule has 5 nitrogen and oxygen atoms in total. The highest BCUT2D eigenvalue weighted by Gasteiger charge is 2.30. The maximum Gasteiger partial charge on any atom is 0.231 e. The van der Waals surface area contributed by atoms with E-state index in [0.717, 1.165) is 21.2 Å². The molecule has 6 heteroatoms. The summed E-state index contributed by atoms with van der Waals surface area (Å²) in [4.78, 5) is 12.7. The van der Waals surface area contributed by atoms with Gasteiger partial charge >= 0.3 is 0 Å². The first kappa shape index (κ1) is 16.2. The van der Waals surface area contributed by atoms with Crippen LogP contribution in [0.4, 0.5) is 0 Å². The first-order chi connectivity index (χ1) is 12.1. The van der Waals surface area contributed by atoms with E-state index in [1.165, 1.54) is 0 Å². The number of carbonyl (C=O) groups is 1. The number of ether oxygens (including phenoxy) is 4. The predicted octanol–water partition coefficient (Wildman–Crippen LogP) is 4.25. The fourth-order valence-electron chi connectivity index (χ4n) is 3.05. The average molecular weight is 403 g/mol. The fourth-order valence-corrected chi connectivity index (χ4v) is 3.57. The highest BCUT2D eigenvalue weighted by Crippen LogP contribution is 2.40. The number of methoxy groups -OCH3 is 1. The van der Waals surface area contributed by atoms with Gasteiger partial charge in [-0.3, -0.25) is 4.79 Å². The third-order valence-electron chi connectivity index (χ3n) is 4.25. The minimum absolute atomic E-state index is 0.151. The van der Waals surface area contributed by atoms with Gasteiger partial charge in [-0.2, -0.15) is 0 Å². The number of Topliss-reactive ketones (excluding diaryl/α,β-unsaturated/α-hetero) is 1. The molecule has 2 aromatic rings. The summed E-state index contributed by atoms with van der Waals surface area (Å²) >= 11 is 3.48. The van der Waals surface area contributed by atoms with Crippen molar-refractivity contribution in [2.24, 2.45) is 0 Å². The molecule has 0 aliphatic carbocycles. The van der Waals surface area contributed by atoms with Gasteiger partial charge in [0.05, 0.1) is 19.3 Å². The average Bonchev–Trinajstić information content (AvgIpc) is 2.92. The van der Waals surface area contributed by atoms with Crippen LogP contribution in [0.25, 0.3) is 6.08 Å². The van der Waals surface area contributed by atoms with E-state index in [-0.39, 0.29) is 18.3 Å². The van der Waals surface area contributed by atoms with E-state index in [0.29, 0.717) is 29.4 Å². The molecular weight excluding hydrogens is 388 g/mol. The summed E-state index contributed by atoms with van der Waals surface area (Å²) in [6.07, 6.45) is 1.71. The summed E-state index contributed by atoms with van der Waals surface area (Å²) in [7, 11) is 1.59. The van der Waals surface area contributed by atoms with Crippen LogP contribution in [-0.2, 0) is 11.3 Å². The van der Waals surface area contributed by atoms with Crippen LogP contribution in [0.1, 0.15) is 27.0 Å². The topological polar surface area (TPSA) is 54.0 Å². The summed E-state index contributed by atoms with van der Waals surface area (Å²) in [5, 5.41) is 0. The van der Waals surface area contributed by atoms with Crippen LogP contribution >= 0.6 is 15.9 Å². The lowest BCUT2D eigenvalue weighted by Gasteiger charge is -2.20. The second kappa shape index (κ2) is 6.20. The number of carbonyl (C=O) groups excluding carboxylic acids is 1. The zero-order valence-electron chi connectivity index (χ0n) is 13.7. The molecule has 0 N–H and O–H groups in total. The van der Waals surface area contributed by atoms with E-state index in [1.807, 2.05) is 19.1 Å². The molecule has 0 fully saturated rings. The number of allylic oxidation sites excluding steroid dienone is 1. The third kappa shape index (κ3) is 2.71. The smallest absolute Gasteiger partial charge is 0.231 e. The molecule has 0 amide bonds. The standard InChI is InChI=1S/C19H15BrO5/c1-10-15(22-2)4-3-14-17(21)16(25-18(10)14)7-11-5-13(20)6-12-8-23-9-24-19(11)12/h3-7H,8-9H2,1-2H3/b16-7-. The predicted molar refractivity (Wildman–Crippen MR) is 95.1 cm³/mol. The molecule has 0 aromatic heterocycles. The Hall–Kier alpha value is -2.31. The van der Waals surface area contributed by atoms with Crippen molar-refractivity contribution in [2.45, 2.75) is 13.5 Å². The van der Waals surface area contributed by atoms with E-state index in [9.17, 15) is 4.79 Å². The molecule has 2 aliphatic rings. The summed E-state index contributed by atoms with van der Waals surface area (Å²) in [6, 6.07) is 7.34. The number of halogens is 1. The Kier molecular flexibility index (Phi) is 4.01. The van der Waals surface area contributed by atoms with Gasteiger partial charge in [-0.25, -0.2) is 0 Å². The maximum atomic E-state index is 12.7. The summed E-state index contributed by atoms with van der Waals surface area (Å²) in [5.74, 6) is 2.06. The van der Waals surface area contributed by atoms with Crippen LogP contribution in [-0.4, -0.2) is 19.7 Å². The lowest BCUT2D eigenvalue weighted by Crippen LogP contribution is -2.12. The highest BCUT2D eigenvalue weighted by atomic mass is 79.9. The Morgan fingerprint density at radius 1 is 1.24 bits per heavy atom. The van der Waals surface area contributed by atoms with Gasteiger partial charge in [-0.1, -0.05) is 15.9 Å². The van der Waals surface area contributed by atoms with Crippen LogP contribution in [0.2, 0.25) is 0 Å². The molecule has 0 spiro atoms. The van der Waals surface area contributed by atoms with Crippen molar-refractivity contribution < 1.29 is 23.7 Å². The van der Waals surface area contributed by atoms with E-state index >= 15 is 0 Å². The molecule has 128 valence electrons. The van der Waals surface area contributed by atoms with Gasteiger partial charge in [-0.15, -0.1) is 0 Å². The molecule has 2 aliphatic heterocycles. The molecular formula is C19H15BrO5. The fraction of sp³-hybridized carbons (Fsp3) is 0.211. The van der Waals surface area contributed by atoms with Crippen molar-refractivity contribution >= 4 is 27.8 Å². The third-order valence-corrected chi connectivity index (χ3v) is 4.70. The zero-order chi connectivity index (χ0) is 17.6. The second-order valence-electron chi connectivity index (χ2n) is 5.80. The number of hydrogen-bond donors (Lipinski definition) is 0. The van der Waals surface area contributed by atoms with Gasteiger partial charge in [0.2, 0.25) is 5.78 Å². The quantitative estimate of drug-likeness (QED) is 0.702. The lowest BCUT2D eigenvalue weighted by molar-refractivity contribution is -0.0165. The van der Waals surface area contributed by atoms with Crippen LogP contribution < -0.4 is 14.2 Å². The van der Waals surface area contributed by atoms with Crippen molar-refractivity contribution in [1.82, 2.24) is 0 Å². The minimum atomic E-state index is -0.151. The zero-order valence-corrected chi connectivity index (χ0v) is 15.3. The molecule has 0 atom stereocenters. The number of rotatable bonds is 2. The van der Waals surface area contributed by atoms with E-state index in [1.54, 1.807) is 25.3 Å². The second-order valence-corrected chi connectivity index (χ2v) is 6.72. The van der Waals surface area contributed by atoms with Crippen LogP contribution in [0.15, 0.2) is 34.5 Å². The number of benzene rings is 2. The number of ketones is 1. The molecule has 2 heterocycles. The number of fused-ring (bicyclic) bond motifs is 2. The first-order valence-corrected chi connectivity index (χ1v) is 8.52. The molecule has 2 aromatic carbocycles. The van der Waals surface area contributed by atoms with E-state index in [2.05, 4.69) is 15.9 Å². The Labute approximate surface area is 153 Å². The Balaban J connectivity index is 1.78. The van der Waals surface area contributed by atoms with Gasteiger partial charge < -0.3 is 18.9 Å². The summed E-state index contributed by atoms with van der Waals surface area (Å²) < 4.78 is 23.0. The highest BCUT2D eigenvalue weighted by molar-refractivity contribution is 9.10. The Bertz CT molecular complexity index is 917.